The highest BCUT2D eigenvalue weighted by Crippen LogP contribution is 2.36. The number of hydrogen-bond acceptors (Lipinski definition) is 5. The van der Waals surface area contributed by atoms with Crippen LogP contribution in [0, 0.1) is 11.8 Å². The Morgan fingerprint density at radius 3 is 2.40 bits per heavy atom. The zero-order valence-electron chi connectivity index (χ0n) is 19.8. The molecule has 0 unspecified atom stereocenters. The largest absolute Gasteiger partial charge is 0.419 e. The van der Waals surface area contributed by atoms with Gasteiger partial charge in [0.15, 0.2) is 6.29 Å². The smallest absolute Gasteiger partial charge is 0.396 e. The van der Waals surface area contributed by atoms with E-state index in [1.807, 2.05) is 7.05 Å². The molecule has 5 nitrogen and oxygen atoms in total. The first-order valence-electron chi connectivity index (χ1n) is 11.6. The molecule has 3 N–H and O–H groups in total. The number of anilines is 1. The Balaban J connectivity index is 0.000000303. The molecule has 0 spiro atoms. The van der Waals surface area contributed by atoms with Crippen molar-refractivity contribution >= 4 is 35.3 Å². The molecule has 0 saturated heterocycles. The fraction of sp³-hybridized carbons (Fsp3) is 0.520. The van der Waals surface area contributed by atoms with E-state index in [0.29, 0.717) is 28.5 Å². The molecule has 10 heteroatoms. The highest BCUT2D eigenvalue weighted by molar-refractivity contribution is 6.33. The second-order valence-corrected chi connectivity index (χ2v) is 9.61. The number of nitrogens with one attached hydrogen (secondary N) is 2. The standard InChI is InChI=1S/C15H11Cl2F3N2O.C10H21NO/c1-8(11-5-10(16)2-3-13(11)17)22-14-12(15(18,19)20)4-9(7-23)6-21-14;1-11-8-10-4-2-9(3-5-10)6-7-12/h2-8H,1H3,(H,21,22);9-12H,2-8H2,1H3/t8-;/m0./s1. The van der Waals surface area contributed by atoms with Gasteiger partial charge in [0.2, 0.25) is 0 Å². The molecule has 3 rings (SSSR count). The van der Waals surface area contributed by atoms with Crippen molar-refractivity contribution in [3.63, 3.8) is 0 Å². The predicted molar refractivity (Wildman–Crippen MR) is 134 cm³/mol. The number of pyridine rings is 1. The van der Waals surface area contributed by atoms with Gasteiger partial charge in [0, 0.05) is 28.4 Å². The number of carbonyl (C=O) groups is 1. The number of aliphatic hydroxyl groups excluding tert-OH is 1. The van der Waals surface area contributed by atoms with Gasteiger partial charge in [-0.1, -0.05) is 36.0 Å². The van der Waals surface area contributed by atoms with Crippen LogP contribution in [0.1, 0.15) is 66.6 Å². The summed E-state index contributed by atoms with van der Waals surface area (Å²) in [5, 5.41) is 15.5. The van der Waals surface area contributed by atoms with Crippen LogP contribution in [0.2, 0.25) is 10.0 Å². The van der Waals surface area contributed by atoms with Crippen molar-refractivity contribution in [2.75, 3.05) is 25.5 Å². The topological polar surface area (TPSA) is 74.2 Å². The first-order valence-corrected chi connectivity index (χ1v) is 12.3. The van der Waals surface area contributed by atoms with Gasteiger partial charge in [-0.15, -0.1) is 0 Å². The summed E-state index contributed by atoms with van der Waals surface area (Å²) in [7, 11) is 2.03. The van der Waals surface area contributed by atoms with E-state index in [-0.39, 0.29) is 11.4 Å². The van der Waals surface area contributed by atoms with Crippen LogP contribution >= 0.6 is 23.2 Å². The summed E-state index contributed by atoms with van der Waals surface area (Å²) in [4.78, 5) is 14.4. The number of nitrogens with zero attached hydrogens (tertiary/aromatic N) is 1. The number of hydrogen-bond donors (Lipinski definition) is 3. The van der Waals surface area contributed by atoms with Crippen LogP contribution in [-0.4, -0.2) is 36.6 Å². The van der Waals surface area contributed by atoms with E-state index in [1.165, 1.54) is 32.2 Å². The van der Waals surface area contributed by atoms with Crippen molar-refractivity contribution in [2.24, 2.45) is 11.8 Å². The zero-order chi connectivity index (χ0) is 26.0. The van der Waals surface area contributed by atoms with Gasteiger partial charge in [-0.25, -0.2) is 4.98 Å². The van der Waals surface area contributed by atoms with E-state index in [9.17, 15) is 18.0 Å². The second-order valence-electron chi connectivity index (χ2n) is 8.77. The molecule has 1 aliphatic carbocycles. The van der Waals surface area contributed by atoms with E-state index < -0.39 is 17.8 Å². The molecule has 1 atom stereocenters. The zero-order valence-corrected chi connectivity index (χ0v) is 21.4. The Morgan fingerprint density at radius 1 is 1.17 bits per heavy atom. The van der Waals surface area contributed by atoms with Crippen molar-refractivity contribution in [2.45, 2.75) is 51.2 Å². The lowest BCUT2D eigenvalue weighted by Gasteiger charge is -2.27. The van der Waals surface area contributed by atoms with Gasteiger partial charge in [0.1, 0.15) is 5.82 Å². The summed E-state index contributed by atoms with van der Waals surface area (Å²) < 4.78 is 39.4. The Bertz CT molecular complexity index is 938. The number of carbonyl (C=O) groups excluding carboxylic acids is 1. The summed E-state index contributed by atoms with van der Waals surface area (Å²) in [6, 6.07) is 4.88. The maximum Gasteiger partial charge on any atom is 0.419 e. The first kappa shape index (κ1) is 29.4. The van der Waals surface area contributed by atoms with Gasteiger partial charge in [0.25, 0.3) is 0 Å². The molecular weight excluding hydrogens is 502 g/mol. The molecule has 1 aromatic carbocycles. The van der Waals surface area contributed by atoms with Crippen molar-refractivity contribution in [1.82, 2.24) is 10.3 Å². The second kappa shape index (κ2) is 14.0. The van der Waals surface area contributed by atoms with Crippen LogP contribution < -0.4 is 10.6 Å². The van der Waals surface area contributed by atoms with Crippen LogP contribution in [0.25, 0.3) is 0 Å². The Morgan fingerprint density at radius 2 is 1.83 bits per heavy atom. The summed E-state index contributed by atoms with van der Waals surface area (Å²) in [6.07, 6.45) is 3.11. The van der Waals surface area contributed by atoms with Gasteiger partial charge in [-0.3, -0.25) is 4.79 Å². The quantitative estimate of drug-likeness (QED) is 0.326. The fourth-order valence-electron chi connectivity index (χ4n) is 4.20. The van der Waals surface area contributed by atoms with Gasteiger partial charge in [0.05, 0.1) is 11.6 Å². The SMILES string of the molecule is CNCC1CCC(CCO)CC1.C[C@H](Nc1ncc(C=O)cc1C(F)(F)F)c1cc(Cl)ccc1Cl. The Kier molecular flexibility index (Phi) is 11.8. The third-order valence-corrected chi connectivity index (χ3v) is 6.70. The van der Waals surface area contributed by atoms with Crippen LogP contribution in [0.3, 0.4) is 0 Å². The molecule has 194 valence electrons. The molecule has 0 bridgehead atoms. The van der Waals surface area contributed by atoms with Crippen LogP contribution in [0.5, 0.6) is 0 Å². The van der Waals surface area contributed by atoms with Gasteiger partial charge in [-0.2, -0.15) is 13.2 Å². The van der Waals surface area contributed by atoms with Gasteiger partial charge < -0.3 is 15.7 Å². The molecule has 35 heavy (non-hydrogen) atoms. The van der Waals surface area contributed by atoms with Crippen molar-refractivity contribution in [3.05, 3.63) is 57.2 Å². The van der Waals surface area contributed by atoms with Gasteiger partial charge in [-0.05, 0) is 81.4 Å². The van der Waals surface area contributed by atoms with Crippen LogP contribution in [-0.2, 0) is 6.18 Å². The average Bonchev–Trinajstić information content (AvgIpc) is 2.82. The number of aldehydes is 1. The number of benzene rings is 1. The van der Waals surface area contributed by atoms with Crippen molar-refractivity contribution in [1.29, 1.82) is 0 Å². The molecule has 1 fully saturated rings. The number of rotatable bonds is 8. The van der Waals surface area contributed by atoms with Crippen molar-refractivity contribution < 1.29 is 23.1 Å². The minimum Gasteiger partial charge on any atom is -0.396 e. The van der Waals surface area contributed by atoms with E-state index >= 15 is 0 Å². The third kappa shape index (κ3) is 9.26. The molecule has 2 aromatic rings. The lowest BCUT2D eigenvalue weighted by molar-refractivity contribution is -0.137. The highest BCUT2D eigenvalue weighted by Gasteiger charge is 2.35. The third-order valence-electron chi connectivity index (χ3n) is 6.12. The van der Waals surface area contributed by atoms with E-state index in [2.05, 4.69) is 15.6 Å². The molecule has 0 amide bonds. The molecule has 1 aromatic heterocycles. The van der Waals surface area contributed by atoms with Crippen molar-refractivity contribution in [3.8, 4) is 0 Å². The normalized spacial score (nSPS) is 18.9. The van der Waals surface area contributed by atoms with Crippen LogP contribution in [0.4, 0.5) is 19.0 Å². The highest BCUT2D eigenvalue weighted by atomic mass is 35.5. The number of aromatic nitrogens is 1. The van der Waals surface area contributed by atoms with E-state index in [0.717, 1.165) is 30.5 Å². The monoisotopic (exact) mass is 533 g/mol. The van der Waals surface area contributed by atoms with Crippen LogP contribution in [0.15, 0.2) is 30.5 Å². The van der Waals surface area contributed by atoms with E-state index in [1.54, 1.807) is 25.1 Å². The lowest BCUT2D eigenvalue weighted by atomic mass is 9.81. The Hall–Kier alpha value is -1.87. The summed E-state index contributed by atoms with van der Waals surface area (Å²) in [6.45, 7) is 3.18. The molecule has 1 heterocycles. The summed E-state index contributed by atoms with van der Waals surface area (Å²) in [5.41, 5.74) is -0.642. The number of aliphatic hydroxyl groups is 1. The average molecular weight is 534 g/mol. The maximum atomic E-state index is 13.1. The molecule has 1 saturated carbocycles. The molecule has 0 radical (unpaired) electrons. The summed E-state index contributed by atoms with van der Waals surface area (Å²) in [5.74, 6) is 1.32. The lowest BCUT2D eigenvalue weighted by Crippen LogP contribution is -2.24. The van der Waals surface area contributed by atoms with E-state index in [4.69, 9.17) is 28.3 Å². The van der Waals surface area contributed by atoms with Gasteiger partial charge >= 0.3 is 6.18 Å². The maximum absolute atomic E-state index is 13.1. The summed E-state index contributed by atoms with van der Waals surface area (Å²) >= 11 is 11.9. The minimum absolute atomic E-state index is 0.156. The fourth-order valence-corrected chi connectivity index (χ4v) is 4.66. The molecular formula is C25H32Cl2F3N3O2. The molecule has 0 aliphatic heterocycles. The molecule has 1 aliphatic rings. The Labute approximate surface area is 214 Å². The minimum atomic E-state index is -4.65. The number of alkyl halides is 3. The first-order chi connectivity index (χ1) is 16.6. The number of halogens is 5. The predicted octanol–water partition coefficient (Wildman–Crippen LogP) is 6.79.